The minimum atomic E-state index is -0.0945. The highest BCUT2D eigenvalue weighted by atomic mass is 35.5. The molecule has 30 heavy (non-hydrogen) atoms. The van der Waals surface area contributed by atoms with E-state index in [0.29, 0.717) is 30.6 Å². The highest BCUT2D eigenvalue weighted by Crippen LogP contribution is 2.25. The largest absolute Gasteiger partial charge is 0.353 e. The summed E-state index contributed by atoms with van der Waals surface area (Å²) in [6, 6.07) is 6.21. The minimum absolute atomic E-state index is 0.0617. The van der Waals surface area contributed by atoms with Crippen molar-refractivity contribution in [2.45, 2.75) is 58.9 Å². The number of nitrogens with one attached hydrogen (secondary N) is 1. The molecule has 2 fully saturated rings. The van der Waals surface area contributed by atoms with E-state index in [9.17, 15) is 9.59 Å². The summed E-state index contributed by atoms with van der Waals surface area (Å²) in [6.07, 6.45) is 4.18. The van der Waals surface area contributed by atoms with E-state index in [1.54, 1.807) is 0 Å². The number of piperidine rings is 1. The molecule has 1 saturated carbocycles. The van der Waals surface area contributed by atoms with Gasteiger partial charge in [0.1, 0.15) is 0 Å². The molecule has 1 aliphatic heterocycles. The van der Waals surface area contributed by atoms with Crippen LogP contribution in [0.2, 0.25) is 5.02 Å². The van der Waals surface area contributed by atoms with Gasteiger partial charge in [0.15, 0.2) is 0 Å². The molecular formula is C23H29ClN4O2. The first-order chi connectivity index (χ1) is 14.3. The lowest BCUT2D eigenvalue weighted by atomic mass is 9.96. The number of aromatic nitrogens is 2. The van der Waals surface area contributed by atoms with Crippen LogP contribution in [0.5, 0.6) is 0 Å². The summed E-state index contributed by atoms with van der Waals surface area (Å²) in [7, 11) is 0. The van der Waals surface area contributed by atoms with E-state index in [1.165, 1.54) is 0 Å². The first-order valence-electron chi connectivity index (χ1n) is 10.7. The zero-order chi connectivity index (χ0) is 21.4. The second-order valence-corrected chi connectivity index (χ2v) is 9.04. The zero-order valence-electron chi connectivity index (χ0n) is 17.9. The topological polar surface area (TPSA) is 67.2 Å². The van der Waals surface area contributed by atoms with Crippen molar-refractivity contribution in [1.29, 1.82) is 0 Å². The first kappa shape index (κ1) is 20.9. The molecule has 1 aliphatic carbocycles. The molecule has 1 aromatic carbocycles. The molecule has 1 aromatic heterocycles. The molecule has 2 heterocycles. The van der Waals surface area contributed by atoms with Gasteiger partial charge in [0, 0.05) is 35.4 Å². The second-order valence-electron chi connectivity index (χ2n) is 8.63. The maximum atomic E-state index is 13.1. The number of likely N-dealkylation sites (tertiary alicyclic amines) is 1. The normalized spacial score (nSPS) is 19.1. The quantitative estimate of drug-likeness (QED) is 0.792. The molecular weight excluding hydrogens is 400 g/mol. The van der Waals surface area contributed by atoms with Gasteiger partial charge in [-0.3, -0.25) is 9.59 Å². The summed E-state index contributed by atoms with van der Waals surface area (Å²) in [4.78, 5) is 27.3. The molecule has 0 spiro atoms. The van der Waals surface area contributed by atoms with E-state index in [-0.39, 0.29) is 17.7 Å². The predicted molar refractivity (Wildman–Crippen MR) is 117 cm³/mol. The molecule has 0 radical (unpaired) electrons. The lowest BCUT2D eigenvalue weighted by molar-refractivity contribution is -0.135. The highest BCUT2D eigenvalue weighted by molar-refractivity contribution is 6.31. The summed E-state index contributed by atoms with van der Waals surface area (Å²) in [5, 5.41) is 8.43. The van der Waals surface area contributed by atoms with Crippen LogP contribution < -0.4 is 5.32 Å². The van der Waals surface area contributed by atoms with Gasteiger partial charge in [0.25, 0.3) is 0 Å². The average molecular weight is 429 g/mol. The van der Waals surface area contributed by atoms with Gasteiger partial charge in [-0.25, -0.2) is 4.68 Å². The third kappa shape index (κ3) is 4.38. The lowest BCUT2D eigenvalue weighted by Gasteiger charge is -2.32. The van der Waals surface area contributed by atoms with Crippen LogP contribution in [0, 0.1) is 26.7 Å². The van der Waals surface area contributed by atoms with Crippen LogP contribution in [0.3, 0.4) is 0 Å². The Bertz CT molecular complexity index is 980. The summed E-state index contributed by atoms with van der Waals surface area (Å²) in [5.41, 5.74) is 4.64. The van der Waals surface area contributed by atoms with Crippen LogP contribution in [-0.2, 0) is 16.0 Å². The van der Waals surface area contributed by atoms with E-state index in [1.807, 2.05) is 48.6 Å². The number of halogens is 1. The molecule has 1 unspecified atom stereocenters. The molecule has 6 nitrogen and oxygen atoms in total. The van der Waals surface area contributed by atoms with Crippen molar-refractivity contribution in [2.24, 2.45) is 5.92 Å². The van der Waals surface area contributed by atoms with Crippen LogP contribution in [0.15, 0.2) is 18.2 Å². The molecule has 1 N–H and O–H groups in total. The van der Waals surface area contributed by atoms with Crippen LogP contribution in [0.1, 0.15) is 48.2 Å². The average Bonchev–Trinajstić information content (AvgIpc) is 3.50. The van der Waals surface area contributed by atoms with Crippen molar-refractivity contribution >= 4 is 23.4 Å². The first-order valence-corrected chi connectivity index (χ1v) is 11.1. The smallest absolute Gasteiger partial charge is 0.227 e. The summed E-state index contributed by atoms with van der Waals surface area (Å²) >= 11 is 6.29. The number of carbonyl (C=O) groups is 2. The molecule has 2 amide bonds. The zero-order valence-corrected chi connectivity index (χ0v) is 18.6. The van der Waals surface area contributed by atoms with Crippen molar-refractivity contribution < 1.29 is 9.59 Å². The number of rotatable bonds is 5. The number of amides is 2. The molecule has 2 aromatic rings. The summed E-state index contributed by atoms with van der Waals surface area (Å²) in [5.74, 6) is 0.0703. The Kier molecular flexibility index (Phi) is 5.87. The SMILES string of the molecule is Cc1ccc(-n2nc(C)c(CC(=O)N3CCCC(C(=O)NC4CC4)C3)c2C)cc1Cl. The fourth-order valence-corrected chi connectivity index (χ4v) is 4.30. The molecule has 4 rings (SSSR count). The Labute approximate surface area is 182 Å². The van der Waals surface area contributed by atoms with E-state index < -0.39 is 0 Å². The molecule has 160 valence electrons. The number of nitrogens with zero attached hydrogens (tertiary/aromatic N) is 3. The van der Waals surface area contributed by atoms with Gasteiger partial charge < -0.3 is 10.2 Å². The second kappa shape index (κ2) is 8.42. The van der Waals surface area contributed by atoms with Crippen LogP contribution >= 0.6 is 11.6 Å². The third-order valence-corrected chi connectivity index (χ3v) is 6.64. The number of hydrogen-bond donors (Lipinski definition) is 1. The number of aryl methyl sites for hydroxylation is 2. The van der Waals surface area contributed by atoms with Gasteiger partial charge in [-0.15, -0.1) is 0 Å². The molecule has 1 saturated heterocycles. The summed E-state index contributed by atoms with van der Waals surface area (Å²) in [6.45, 7) is 7.11. The van der Waals surface area contributed by atoms with Crippen molar-refractivity contribution in [1.82, 2.24) is 20.0 Å². The van der Waals surface area contributed by atoms with Crippen molar-refractivity contribution in [3.8, 4) is 5.69 Å². The van der Waals surface area contributed by atoms with Gasteiger partial charge in [0.2, 0.25) is 11.8 Å². The van der Waals surface area contributed by atoms with Crippen molar-refractivity contribution in [2.75, 3.05) is 13.1 Å². The minimum Gasteiger partial charge on any atom is -0.353 e. The standard InChI is InChI=1S/C23H29ClN4O2/c1-14-6-9-19(11-21(14)24)28-16(3)20(15(2)26-28)12-22(29)27-10-4-5-17(13-27)23(30)25-18-7-8-18/h6,9,11,17-18H,4-5,7-8,10,12-13H2,1-3H3,(H,25,30). The van der Waals surface area contributed by atoms with Gasteiger partial charge >= 0.3 is 0 Å². The van der Waals surface area contributed by atoms with E-state index in [0.717, 1.165) is 53.9 Å². The van der Waals surface area contributed by atoms with Gasteiger partial charge in [-0.1, -0.05) is 17.7 Å². The molecule has 0 bridgehead atoms. The maximum Gasteiger partial charge on any atom is 0.227 e. The lowest BCUT2D eigenvalue weighted by Crippen LogP contribution is -2.46. The van der Waals surface area contributed by atoms with Gasteiger partial charge in [0.05, 0.1) is 23.7 Å². The fraction of sp³-hybridized carbons (Fsp3) is 0.522. The Morgan fingerprint density at radius 2 is 1.97 bits per heavy atom. The third-order valence-electron chi connectivity index (χ3n) is 6.24. The number of hydrogen-bond acceptors (Lipinski definition) is 3. The fourth-order valence-electron chi connectivity index (χ4n) is 4.12. The Balaban J connectivity index is 1.47. The highest BCUT2D eigenvalue weighted by Gasteiger charge is 2.32. The van der Waals surface area contributed by atoms with Gasteiger partial charge in [-0.05, 0) is 64.2 Å². The van der Waals surface area contributed by atoms with Crippen LogP contribution in [0.4, 0.5) is 0 Å². The van der Waals surface area contributed by atoms with E-state index in [2.05, 4.69) is 10.4 Å². The van der Waals surface area contributed by atoms with Crippen LogP contribution in [0.25, 0.3) is 5.69 Å². The Morgan fingerprint density at radius 3 is 2.67 bits per heavy atom. The van der Waals surface area contributed by atoms with E-state index >= 15 is 0 Å². The molecule has 1 atom stereocenters. The van der Waals surface area contributed by atoms with Crippen LogP contribution in [-0.4, -0.2) is 45.6 Å². The maximum absolute atomic E-state index is 13.1. The summed E-state index contributed by atoms with van der Waals surface area (Å²) < 4.78 is 1.85. The Hall–Kier alpha value is -2.34. The molecule has 2 aliphatic rings. The van der Waals surface area contributed by atoms with E-state index in [4.69, 9.17) is 11.6 Å². The number of benzene rings is 1. The molecule has 7 heteroatoms. The van der Waals surface area contributed by atoms with Crippen molar-refractivity contribution in [3.63, 3.8) is 0 Å². The van der Waals surface area contributed by atoms with Gasteiger partial charge in [-0.2, -0.15) is 5.10 Å². The predicted octanol–water partition coefficient (Wildman–Crippen LogP) is 3.51. The monoisotopic (exact) mass is 428 g/mol. The number of carbonyl (C=O) groups excluding carboxylic acids is 2. The Morgan fingerprint density at radius 1 is 1.20 bits per heavy atom. The van der Waals surface area contributed by atoms with Crippen molar-refractivity contribution in [3.05, 3.63) is 45.7 Å².